The van der Waals surface area contributed by atoms with Crippen LogP contribution in [-0.2, 0) is 0 Å². The van der Waals surface area contributed by atoms with E-state index in [-0.39, 0.29) is 0 Å². The van der Waals surface area contributed by atoms with E-state index in [0.717, 1.165) is 0 Å². The van der Waals surface area contributed by atoms with Crippen LogP contribution in [-0.4, -0.2) is 10.8 Å². The van der Waals surface area contributed by atoms with Gasteiger partial charge in [-0.15, -0.1) is 0 Å². The van der Waals surface area contributed by atoms with E-state index in [9.17, 15) is 0 Å². The smallest absolute Gasteiger partial charge is 0.156 e. The molecule has 4 nitrogen and oxygen atoms in total. The molecule has 0 unspecified atom stereocenters. The first-order valence-corrected chi connectivity index (χ1v) is 3.22. The molecule has 4 heteroatoms. The predicted octanol–water partition coefficient (Wildman–Crippen LogP) is 0.672. The van der Waals surface area contributed by atoms with Crippen LogP contribution in [0, 0.1) is 0 Å². The van der Waals surface area contributed by atoms with Crippen molar-refractivity contribution >= 4 is 17.5 Å². The summed E-state index contributed by atoms with van der Waals surface area (Å²) in [4.78, 5) is 7.85. The number of aliphatic imine (C=N–C) groups is 1. The summed E-state index contributed by atoms with van der Waals surface area (Å²) in [7, 11) is 0. The fourth-order valence-corrected chi connectivity index (χ4v) is 0.683. The fraction of sp³-hybridized carbons (Fsp3) is 0.143. The zero-order valence-electron chi connectivity index (χ0n) is 6.28. The van der Waals surface area contributed by atoms with Crippen LogP contribution in [0.25, 0.3) is 0 Å². The highest BCUT2D eigenvalue weighted by molar-refractivity contribution is 5.80. The molecule has 58 valence electrons. The molecule has 0 aliphatic heterocycles. The summed E-state index contributed by atoms with van der Waals surface area (Å²) in [6.45, 7) is 1.70. The van der Waals surface area contributed by atoms with E-state index < -0.39 is 0 Å². The Labute approximate surface area is 65.0 Å². The topological polar surface area (TPSA) is 77.3 Å². The van der Waals surface area contributed by atoms with E-state index in [1.54, 1.807) is 25.1 Å². The van der Waals surface area contributed by atoms with Crippen LogP contribution in [0.3, 0.4) is 0 Å². The Hall–Kier alpha value is -1.58. The quantitative estimate of drug-likeness (QED) is 0.456. The van der Waals surface area contributed by atoms with Crippen molar-refractivity contribution in [2.24, 2.45) is 10.7 Å². The van der Waals surface area contributed by atoms with Gasteiger partial charge in [-0.2, -0.15) is 0 Å². The second kappa shape index (κ2) is 3.01. The van der Waals surface area contributed by atoms with Gasteiger partial charge in [-0.1, -0.05) is 6.07 Å². The SMILES string of the molecule is C/C(N)=N/c1cccc(N)n1. The minimum absolute atomic E-state index is 0.451. The van der Waals surface area contributed by atoms with E-state index in [1.165, 1.54) is 0 Å². The van der Waals surface area contributed by atoms with Crippen molar-refractivity contribution < 1.29 is 0 Å². The number of hydrogen-bond donors (Lipinski definition) is 2. The van der Waals surface area contributed by atoms with E-state index in [2.05, 4.69) is 9.98 Å². The van der Waals surface area contributed by atoms with Gasteiger partial charge in [0.15, 0.2) is 5.82 Å². The highest BCUT2D eigenvalue weighted by Crippen LogP contribution is 2.08. The molecule has 0 spiro atoms. The van der Waals surface area contributed by atoms with Gasteiger partial charge in [0.05, 0.1) is 5.84 Å². The van der Waals surface area contributed by atoms with Gasteiger partial charge >= 0.3 is 0 Å². The standard InChI is InChI=1S/C7H10N4/c1-5(8)10-7-4-2-3-6(9)11-7/h2-4H,1H3,(H4,8,9,10,11). The van der Waals surface area contributed by atoms with Gasteiger partial charge in [0.1, 0.15) is 5.82 Å². The van der Waals surface area contributed by atoms with Crippen molar-refractivity contribution in [2.75, 3.05) is 5.73 Å². The normalized spacial score (nSPS) is 11.5. The van der Waals surface area contributed by atoms with Crippen molar-refractivity contribution in [3.8, 4) is 0 Å². The third-order valence-corrected chi connectivity index (χ3v) is 1.05. The minimum atomic E-state index is 0.451. The van der Waals surface area contributed by atoms with E-state index >= 15 is 0 Å². The van der Waals surface area contributed by atoms with Crippen molar-refractivity contribution in [3.05, 3.63) is 18.2 Å². The first kappa shape index (κ1) is 7.53. The summed E-state index contributed by atoms with van der Waals surface area (Å²) < 4.78 is 0. The Bertz CT molecular complexity index is 276. The van der Waals surface area contributed by atoms with Gasteiger partial charge < -0.3 is 11.5 Å². The summed E-state index contributed by atoms with van der Waals surface area (Å²) in [5, 5.41) is 0. The number of pyridine rings is 1. The number of nitrogen functional groups attached to an aromatic ring is 1. The highest BCUT2D eigenvalue weighted by atomic mass is 15.0. The average molecular weight is 150 g/mol. The number of anilines is 1. The molecular formula is C7H10N4. The Morgan fingerprint density at radius 3 is 2.82 bits per heavy atom. The lowest BCUT2D eigenvalue weighted by Crippen LogP contribution is -2.04. The molecule has 1 rings (SSSR count). The van der Waals surface area contributed by atoms with Crippen LogP contribution in [0.4, 0.5) is 11.6 Å². The van der Waals surface area contributed by atoms with Gasteiger partial charge in [0.25, 0.3) is 0 Å². The van der Waals surface area contributed by atoms with Crippen molar-refractivity contribution in [3.63, 3.8) is 0 Å². The molecule has 0 atom stereocenters. The van der Waals surface area contributed by atoms with Crippen LogP contribution in [0.5, 0.6) is 0 Å². The molecule has 0 fully saturated rings. The van der Waals surface area contributed by atoms with Gasteiger partial charge in [0, 0.05) is 0 Å². The van der Waals surface area contributed by atoms with Crippen molar-refractivity contribution in [2.45, 2.75) is 6.92 Å². The molecule has 1 aromatic heterocycles. The van der Waals surface area contributed by atoms with E-state index in [4.69, 9.17) is 11.5 Å². The van der Waals surface area contributed by atoms with Crippen molar-refractivity contribution in [1.82, 2.24) is 4.98 Å². The molecule has 0 aliphatic rings. The fourth-order valence-electron chi connectivity index (χ4n) is 0.683. The molecule has 1 heterocycles. The summed E-state index contributed by atoms with van der Waals surface area (Å²) in [5.41, 5.74) is 10.8. The Balaban J connectivity index is 2.97. The first-order chi connectivity index (χ1) is 5.18. The number of amidine groups is 1. The monoisotopic (exact) mass is 150 g/mol. The van der Waals surface area contributed by atoms with Crippen LogP contribution >= 0.6 is 0 Å². The molecule has 0 aliphatic carbocycles. The maximum atomic E-state index is 5.41. The Morgan fingerprint density at radius 1 is 1.55 bits per heavy atom. The zero-order chi connectivity index (χ0) is 8.27. The Morgan fingerprint density at radius 2 is 2.27 bits per heavy atom. The molecule has 0 saturated carbocycles. The third-order valence-electron chi connectivity index (χ3n) is 1.05. The number of hydrogen-bond acceptors (Lipinski definition) is 3. The predicted molar refractivity (Wildman–Crippen MR) is 45.6 cm³/mol. The first-order valence-electron chi connectivity index (χ1n) is 3.22. The van der Waals surface area contributed by atoms with Crippen LogP contribution in [0.1, 0.15) is 6.92 Å². The molecule has 0 radical (unpaired) electrons. The molecule has 0 saturated heterocycles. The zero-order valence-corrected chi connectivity index (χ0v) is 6.28. The van der Waals surface area contributed by atoms with Crippen LogP contribution < -0.4 is 11.5 Å². The Kier molecular flexibility index (Phi) is 2.06. The second-order valence-corrected chi connectivity index (χ2v) is 2.17. The molecular weight excluding hydrogens is 140 g/mol. The van der Waals surface area contributed by atoms with Gasteiger partial charge in [0.2, 0.25) is 0 Å². The second-order valence-electron chi connectivity index (χ2n) is 2.17. The van der Waals surface area contributed by atoms with Crippen molar-refractivity contribution in [1.29, 1.82) is 0 Å². The highest BCUT2D eigenvalue weighted by Gasteiger charge is 1.90. The summed E-state index contributed by atoms with van der Waals surface area (Å²) in [6, 6.07) is 5.22. The maximum Gasteiger partial charge on any atom is 0.156 e. The average Bonchev–Trinajstić information content (AvgIpc) is 1.85. The number of nitrogens with zero attached hydrogens (tertiary/aromatic N) is 2. The molecule has 4 N–H and O–H groups in total. The van der Waals surface area contributed by atoms with Crippen LogP contribution in [0.2, 0.25) is 0 Å². The largest absolute Gasteiger partial charge is 0.387 e. The molecule has 0 bridgehead atoms. The van der Waals surface area contributed by atoms with Gasteiger partial charge in [-0.05, 0) is 19.1 Å². The van der Waals surface area contributed by atoms with E-state index in [1.807, 2.05) is 0 Å². The van der Waals surface area contributed by atoms with E-state index in [0.29, 0.717) is 17.5 Å². The summed E-state index contributed by atoms with van der Waals surface area (Å²) in [6.07, 6.45) is 0. The van der Waals surface area contributed by atoms with Gasteiger partial charge in [-0.3, -0.25) is 0 Å². The van der Waals surface area contributed by atoms with Gasteiger partial charge in [-0.25, -0.2) is 9.98 Å². The maximum absolute atomic E-state index is 5.41. The number of aromatic nitrogens is 1. The lowest BCUT2D eigenvalue weighted by atomic mass is 10.4. The third kappa shape index (κ3) is 2.25. The lowest BCUT2D eigenvalue weighted by molar-refractivity contribution is 1.27. The minimum Gasteiger partial charge on any atom is -0.387 e. The summed E-state index contributed by atoms with van der Waals surface area (Å²) >= 11 is 0. The lowest BCUT2D eigenvalue weighted by Gasteiger charge is -1.94. The summed E-state index contributed by atoms with van der Waals surface area (Å²) in [5.74, 6) is 1.47. The molecule has 0 amide bonds. The number of nitrogens with two attached hydrogens (primary N) is 2. The molecule has 1 aromatic rings. The van der Waals surface area contributed by atoms with Crippen LogP contribution in [0.15, 0.2) is 23.2 Å². The number of rotatable bonds is 1. The molecule has 11 heavy (non-hydrogen) atoms. The molecule has 0 aromatic carbocycles.